The molecule has 0 atom stereocenters. The number of hydrogen-bond acceptors (Lipinski definition) is 6. The van der Waals surface area contributed by atoms with Crippen molar-refractivity contribution in [2.75, 3.05) is 49.9 Å². The summed E-state index contributed by atoms with van der Waals surface area (Å²) >= 11 is 0. The van der Waals surface area contributed by atoms with E-state index in [1.807, 2.05) is 18.3 Å². The van der Waals surface area contributed by atoms with Gasteiger partial charge in [-0.2, -0.15) is 0 Å². The van der Waals surface area contributed by atoms with E-state index in [9.17, 15) is 16.8 Å². The van der Waals surface area contributed by atoms with Crippen molar-refractivity contribution in [2.24, 2.45) is 0 Å². The molecule has 1 heterocycles. The molecule has 0 amide bonds. The van der Waals surface area contributed by atoms with Crippen molar-refractivity contribution in [1.29, 1.82) is 0 Å². The minimum atomic E-state index is -3.88. The third-order valence-electron chi connectivity index (χ3n) is 4.97. The molecular weight excluding hydrogens is 424 g/mol. The van der Waals surface area contributed by atoms with Crippen molar-refractivity contribution in [3.63, 3.8) is 0 Å². The van der Waals surface area contributed by atoms with Crippen LogP contribution in [0.15, 0.2) is 71.1 Å². The van der Waals surface area contributed by atoms with Crippen molar-refractivity contribution >= 4 is 31.4 Å². The number of benzene rings is 2. The first kappa shape index (κ1) is 22.1. The van der Waals surface area contributed by atoms with E-state index < -0.39 is 20.0 Å². The molecule has 1 aliphatic heterocycles. The van der Waals surface area contributed by atoms with Gasteiger partial charge in [-0.25, -0.2) is 21.1 Å². The van der Waals surface area contributed by atoms with E-state index in [1.54, 1.807) is 12.1 Å². The molecular formula is C20H26N4O4S2. The van der Waals surface area contributed by atoms with Gasteiger partial charge in [0.25, 0.3) is 10.0 Å². The maximum atomic E-state index is 12.9. The molecule has 1 aliphatic rings. The Morgan fingerprint density at radius 1 is 0.900 bits per heavy atom. The SMILES string of the molecule is C=CN1CCN(c2ccccc2NS(=O)(=O)c2ccc(S(=O)(=O)N(C)C)cc2)CC1. The number of hydrogen-bond donors (Lipinski definition) is 1. The van der Waals surface area contributed by atoms with Crippen LogP contribution in [-0.4, -0.2) is 66.3 Å². The summed E-state index contributed by atoms with van der Waals surface area (Å²) in [6.45, 7) is 6.92. The number of piperazine rings is 1. The second kappa shape index (κ2) is 8.66. The van der Waals surface area contributed by atoms with Crippen LogP contribution in [0.1, 0.15) is 0 Å². The number of nitrogens with zero attached hydrogens (tertiary/aromatic N) is 3. The second-order valence-corrected chi connectivity index (χ2v) is 10.9. The fraction of sp³-hybridized carbons (Fsp3) is 0.300. The molecule has 0 bridgehead atoms. The van der Waals surface area contributed by atoms with Gasteiger partial charge in [-0.05, 0) is 42.6 Å². The molecule has 0 radical (unpaired) electrons. The minimum Gasteiger partial charge on any atom is -0.374 e. The Kier molecular flexibility index (Phi) is 6.39. The highest BCUT2D eigenvalue weighted by Crippen LogP contribution is 2.29. The zero-order chi connectivity index (χ0) is 21.9. The molecule has 8 nitrogen and oxygen atoms in total. The molecule has 3 rings (SSSR count). The van der Waals surface area contributed by atoms with Crippen LogP contribution in [0.5, 0.6) is 0 Å². The van der Waals surface area contributed by atoms with Crippen LogP contribution < -0.4 is 9.62 Å². The topological polar surface area (TPSA) is 90.0 Å². The van der Waals surface area contributed by atoms with Crippen LogP contribution >= 0.6 is 0 Å². The highest BCUT2D eigenvalue weighted by atomic mass is 32.2. The summed E-state index contributed by atoms with van der Waals surface area (Å²) in [6, 6.07) is 12.4. The molecule has 2 aromatic rings. The molecule has 0 spiro atoms. The first-order valence-electron chi connectivity index (χ1n) is 9.41. The van der Waals surface area contributed by atoms with E-state index in [2.05, 4.69) is 21.1 Å². The maximum Gasteiger partial charge on any atom is 0.261 e. The summed E-state index contributed by atoms with van der Waals surface area (Å²) < 4.78 is 54.0. The summed E-state index contributed by atoms with van der Waals surface area (Å²) in [7, 11) is -4.66. The van der Waals surface area contributed by atoms with Crippen molar-refractivity contribution in [3.8, 4) is 0 Å². The highest BCUT2D eigenvalue weighted by Gasteiger charge is 2.22. The Morgan fingerprint density at radius 2 is 1.47 bits per heavy atom. The molecule has 10 heteroatoms. The predicted molar refractivity (Wildman–Crippen MR) is 119 cm³/mol. The Balaban J connectivity index is 1.84. The van der Waals surface area contributed by atoms with Crippen LogP contribution in [0.25, 0.3) is 0 Å². The van der Waals surface area contributed by atoms with Gasteiger partial charge < -0.3 is 9.80 Å². The quantitative estimate of drug-likeness (QED) is 0.694. The molecule has 162 valence electrons. The average molecular weight is 451 g/mol. The van der Waals surface area contributed by atoms with E-state index in [0.717, 1.165) is 36.2 Å². The Bertz CT molecular complexity index is 1110. The normalized spacial score (nSPS) is 15.3. The molecule has 1 N–H and O–H groups in total. The zero-order valence-corrected chi connectivity index (χ0v) is 18.7. The first-order chi connectivity index (χ1) is 14.1. The second-order valence-electron chi connectivity index (χ2n) is 7.09. The fourth-order valence-electron chi connectivity index (χ4n) is 3.19. The van der Waals surface area contributed by atoms with Gasteiger partial charge in [0, 0.05) is 40.3 Å². The van der Waals surface area contributed by atoms with Gasteiger partial charge >= 0.3 is 0 Å². The summed E-state index contributed by atoms with van der Waals surface area (Å²) in [4.78, 5) is 4.27. The zero-order valence-electron chi connectivity index (χ0n) is 17.0. The summed E-state index contributed by atoms with van der Waals surface area (Å²) in [5, 5.41) is 0. The molecule has 0 unspecified atom stereocenters. The third kappa shape index (κ3) is 4.61. The van der Waals surface area contributed by atoms with Crippen LogP contribution in [0.4, 0.5) is 11.4 Å². The van der Waals surface area contributed by atoms with Crippen molar-refractivity contribution in [2.45, 2.75) is 9.79 Å². The summed E-state index contributed by atoms with van der Waals surface area (Å²) in [5.41, 5.74) is 1.28. The number of rotatable bonds is 7. The Hall–Kier alpha value is -2.56. The minimum absolute atomic E-state index is 0.00788. The molecule has 30 heavy (non-hydrogen) atoms. The Morgan fingerprint density at radius 3 is 2.03 bits per heavy atom. The van der Waals surface area contributed by atoms with E-state index in [4.69, 9.17) is 0 Å². The van der Waals surface area contributed by atoms with Crippen LogP contribution in [0.3, 0.4) is 0 Å². The largest absolute Gasteiger partial charge is 0.374 e. The number of anilines is 2. The lowest BCUT2D eigenvalue weighted by molar-refractivity contribution is 0.350. The lowest BCUT2D eigenvalue weighted by atomic mass is 10.2. The van der Waals surface area contributed by atoms with E-state index in [0.29, 0.717) is 5.69 Å². The third-order valence-corrected chi connectivity index (χ3v) is 8.18. The standard InChI is InChI=1S/C20H26N4O4S2/c1-4-23-13-15-24(16-14-23)20-8-6-5-7-19(20)21-29(25,26)17-9-11-18(12-10-17)30(27,28)22(2)3/h4-12,21H,1,13-16H2,2-3H3. The smallest absolute Gasteiger partial charge is 0.261 e. The molecule has 0 aliphatic carbocycles. The van der Waals surface area contributed by atoms with Gasteiger partial charge in [0.1, 0.15) is 0 Å². The van der Waals surface area contributed by atoms with Gasteiger partial charge in [0.15, 0.2) is 0 Å². The summed E-state index contributed by atoms with van der Waals surface area (Å²) in [5.74, 6) is 0. The van der Waals surface area contributed by atoms with Gasteiger partial charge in [0.2, 0.25) is 10.0 Å². The maximum absolute atomic E-state index is 12.9. The lowest BCUT2D eigenvalue weighted by Crippen LogP contribution is -2.44. The van der Waals surface area contributed by atoms with E-state index >= 15 is 0 Å². The number of nitrogens with one attached hydrogen (secondary N) is 1. The molecule has 2 aromatic carbocycles. The van der Waals surface area contributed by atoms with Crippen molar-refractivity contribution < 1.29 is 16.8 Å². The van der Waals surface area contributed by atoms with Crippen molar-refractivity contribution in [1.82, 2.24) is 9.21 Å². The Labute approximate surface area is 178 Å². The monoisotopic (exact) mass is 450 g/mol. The predicted octanol–water partition coefficient (Wildman–Crippen LogP) is 2.00. The van der Waals surface area contributed by atoms with E-state index in [1.165, 1.54) is 38.4 Å². The van der Waals surface area contributed by atoms with Crippen molar-refractivity contribution in [3.05, 3.63) is 61.3 Å². The molecule has 1 fully saturated rings. The van der Waals surface area contributed by atoms with Crippen LogP contribution in [0.2, 0.25) is 0 Å². The number of para-hydroxylation sites is 2. The molecule has 0 saturated carbocycles. The van der Waals surface area contributed by atoms with Gasteiger partial charge in [0.05, 0.1) is 21.2 Å². The van der Waals surface area contributed by atoms with Gasteiger partial charge in [-0.15, -0.1) is 0 Å². The van der Waals surface area contributed by atoms with Crippen LogP contribution in [0, 0.1) is 0 Å². The van der Waals surface area contributed by atoms with Gasteiger partial charge in [-0.3, -0.25) is 4.72 Å². The fourth-order valence-corrected chi connectivity index (χ4v) is 5.16. The van der Waals surface area contributed by atoms with E-state index in [-0.39, 0.29) is 9.79 Å². The van der Waals surface area contributed by atoms with Gasteiger partial charge in [-0.1, -0.05) is 18.7 Å². The number of sulfonamides is 2. The average Bonchev–Trinajstić information content (AvgIpc) is 2.74. The first-order valence-corrected chi connectivity index (χ1v) is 12.3. The molecule has 0 aromatic heterocycles. The summed E-state index contributed by atoms with van der Waals surface area (Å²) in [6.07, 6.45) is 1.81. The molecule has 1 saturated heterocycles. The van der Waals surface area contributed by atoms with Crippen LogP contribution in [-0.2, 0) is 20.0 Å². The highest BCUT2D eigenvalue weighted by molar-refractivity contribution is 7.92. The lowest BCUT2D eigenvalue weighted by Gasteiger charge is -2.36.